The Morgan fingerprint density at radius 3 is 2.07 bits per heavy atom. The number of carbonyl (C=O) groups excluding carboxylic acids is 2. The molecule has 0 saturated heterocycles. The van der Waals surface area contributed by atoms with E-state index in [1.807, 2.05) is 68.4 Å². The highest BCUT2D eigenvalue weighted by atomic mass is 79.9. The third-order valence-corrected chi connectivity index (χ3v) is 9.44. The summed E-state index contributed by atoms with van der Waals surface area (Å²) in [5, 5.41) is 14.3. The Labute approximate surface area is 277 Å². The molecular formula is C34H35BrN4O6S. The standard InChI is InChI=1S/C34H35BrN4O6S/c1-25(2)22-36-34(41)32(21-26-10-5-3-6-11-26)37(23-27-12-9-13-28(35)20-27)33(40)24-38(29-16-18-30(19-17-29)39(42)43)46(44,45)31-14-7-4-8-15-31/h3-20,25,32H,21-24H2,1-2H3,(H,36,41). The van der Waals surface area contributed by atoms with Gasteiger partial charge in [-0.15, -0.1) is 0 Å². The molecule has 10 nitrogen and oxygen atoms in total. The average Bonchev–Trinajstić information content (AvgIpc) is 3.05. The molecular weight excluding hydrogens is 672 g/mol. The van der Waals surface area contributed by atoms with Gasteiger partial charge in [0, 0.05) is 36.1 Å². The van der Waals surface area contributed by atoms with Gasteiger partial charge in [0.2, 0.25) is 11.8 Å². The Bertz CT molecular complexity index is 1750. The Balaban J connectivity index is 1.80. The van der Waals surface area contributed by atoms with Gasteiger partial charge in [-0.1, -0.05) is 90.4 Å². The van der Waals surface area contributed by atoms with Crippen molar-refractivity contribution in [3.05, 3.63) is 135 Å². The van der Waals surface area contributed by atoms with Crippen molar-refractivity contribution in [2.24, 2.45) is 5.92 Å². The van der Waals surface area contributed by atoms with Gasteiger partial charge in [-0.05, 0) is 53.4 Å². The number of hydrogen-bond donors (Lipinski definition) is 1. The van der Waals surface area contributed by atoms with Crippen LogP contribution in [-0.4, -0.2) is 49.2 Å². The maximum absolute atomic E-state index is 14.5. The van der Waals surface area contributed by atoms with E-state index in [1.165, 1.54) is 41.3 Å². The van der Waals surface area contributed by atoms with Gasteiger partial charge < -0.3 is 10.2 Å². The Hall–Kier alpha value is -4.55. The molecule has 0 aliphatic rings. The van der Waals surface area contributed by atoms with Crippen LogP contribution in [0.3, 0.4) is 0 Å². The van der Waals surface area contributed by atoms with Crippen molar-refractivity contribution in [1.82, 2.24) is 10.2 Å². The van der Waals surface area contributed by atoms with Crippen molar-refractivity contribution in [3.63, 3.8) is 0 Å². The highest BCUT2D eigenvalue weighted by Gasteiger charge is 2.34. The zero-order valence-electron chi connectivity index (χ0n) is 25.5. The fraction of sp³-hybridized carbons (Fsp3) is 0.235. The van der Waals surface area contributed by atoms with Crippen LogP contribution in [0, 0.1) is 16.0 Å². The lowest BCUT2D eigenvalue weighted by Gasteiger charge is -2.34. The molecule has 1 atom stereocenters. The number of nitrogens with one attached hydrogen (secondary N) is 1. The second-order valence-electron chi connectivity index (χ2n) is 11.1. The summed E-state index contributed by atoms with van der Waals surface area (Å²) >= 11 is 3.47. The van der Waals surface area contributed by atoms with E-state index in [4.69, 9.17) is 0 Å². The van der Waals surface area contributed by atoms with E-state index in [0.717, 1.165) is 19.9 Å². The molecule has 1 unspecified atom stereocenters. The van der Waals surface area contributed by atoms with Crippen molar-refractivity contribution in [2.45, 2.75) is 37.8 Å². The molecule has 0 aromatic heterocycles. The summed E-state index contributed by atoms with van der Waals surface area (Å²) in [6, 6.07) is 28.2. The Morgan fingerprint density at radius 2 is 1.48 bits per heavy atom. The summed E-state index contributed by atoms with van der Waals surface area (Å²) in [5.41, 5.74) is 1.39. The first-order valence-electron chi connectivity index (χ1n) is 14.6. The normalized spacial score (nSPS) is 11.9. The summed E-state index contributed by atoms with van der Waals surface area (Å²) in [6.45, 7) is 3.68. The number of halogens is 1. The fourth-order valence-electron chi connectivity index (χ4n) is 4.80. The summed E-state index contributed by atoms with van der Waals surface area (Å²) in [5.74, 6) is -0.837. The van der Waals surface area contributed by atoms with Crippen LogP contribution in [0.4, 0.5) is 11.4 Å². The molecule has 1 N–H and O–H groups in total. The molecule has 0 saturated carbocycles. The van der Waals surface area contributed by atoms with E-state index >= 15 is 0 Å². The van der Waals surface area contributed by atoms with Gasteiger partial charge in [-0.2, -0.15) is 0 Å². The molecule has 240 valence electrons. The molecule has 46 heavy (non-hydrogen) atoms. The van der Waals surface area contributed by atoms with Gasteiger partial charge in [0.25, 0.3) is 15.7 Å². The molecule has 0 aliphatic carbocycles. The van der Waals surface area contributed by atoms with Gasteiger partial charge in [-0.25, -0.2) is 8.42 Å². The van der Waals surface area contributed by atoms with Crippen LogP contribution in [-0.2, 0) is 32.6 Å². The lowest BCUT2D eigenvalue weighted by molar-refractivity contribution is -0.384. The molecule has 2 amide bonds. The number of nitro benzene ring substituents is 1. The van der Waals surface area contributed by atoms with E-state index in [2.05, 4.69) is 21.2 Å². The molecule has 0 radical (unpaired) electrons. The molecule has 12 heteroatoms. The number of carbonyl (C=O) groups is 2. The van der Waals surface area contributed by atoms with Crippen molar-refractivity contribution < 1.29 is 22.9 Å². The third kappa shape index (κ3) is 9.01. The predicted octanol–water partition coefficient (Wildman–Crippen LogP) is 5.96. The molecule has 4 rings (SSSR count). The van der Waals surface area contributed by atoms with Crippen LogP contribution >= 0.6 is 15.9 Å². The van der Waals surface area contributed by atoms with Crippen LogP contribution in [0.25, 0.3) is 0 Å². The van der Waals surface area contributed by atoms with Crippen molar-refractivity contribution >= 4 is 49.1 Å². The van der Waals surface area contributed by atoms with E-state index in [0.29, 0.717) is 6.54 Å². The highest BCUT2D eigenvalue weighted by Crippen LogP contribution is 2.27. The van der Waals surface area contributed by atoms with Crippen LogP contribution in [0.5, 0.6) is 0 Å². The maximum atomic E-state index is 14.5. The van der Waals surface area contributed by atoms with Crippen molar-refractivity contribution in [3.8, 4) is 0 Å². The number of hydrogen-bond acceptors (Lipinski definition) is 6. The monoisotopic (exact) mass is 706 g/mol. The van der Waals surface area contributed by atoms with E-state index in [9.17, 15) is 28.1 Å². The smallest absolute Gasteiger partial charge is 0.269 e. The summed E-state index contributed by atoms with van der Waals surface area (Å²) in [6.07, 6.45) is 0.188. The SMILES string of the molecule is CC(C)CNC(=O)C(Cc1ccccc1)N(Cc1cccc(Br)c1)C(=O)CN(c1ccc([N+](=O)[O-])cc1)S(=O)(=O)c1ccccc1. The molecule has 0 fully saturated rings. The summed E-state index contributed by atoms with van der Waals surface area (Å²) in [4.78, 5) is 40.4. The van der Waals surface area contributed by atoms with E-state index < -0.39 is 33.4 Å². The number of benzene rings is 4. The predicted molar refractivity (Wildman–Crippen MR) is 181 cm³/mol. The minimum atomic E-state index is -4.31. The third-order valence-electron chi connectivity index (χ3n) is 7.16. The lowest BCUT2D eigenvalue weighted by Crippen LogP contribution is -2.53. The number of nitro groups is 1. The quantitative estimate of drug-likeness (QED) is 0.127. The molecule has 4 aromatic rings. The van der Waals surface area contributed by atoms with Crippen LogP contribution < -0.4 is 9.62 Å². The van der Waals surface area contributed by atoms with E-state index in [1.54, 1.807) is 18.2 Å². The zero-order valence-corrected chi connectivity index (χ0v) is 27.9. The number of nitrogens with zero attached hydrogens (tertiary/aromatic N) is 3. The van der Waals surface area contributed by atoms with Crippen LogP contribution in [0.15, 0.2) is 119 Å². The van der Waals surface area contributed by atoms with Crippen molar-refractivity contribution in [1.29, 1.82) is 0 Å². The van der Waals surface area contributed by atoms with Gasteiger partial charge in [-0.3, -0.25) is 24.0 Å². The minimum Gasteiger partial charge on any atom is -0.354 e. The average molecular weight is 708 g/mol. The van der Waals surface area contributed by atoms with Crippen LogP contribution in [0.1, 0.15) is 25.0 Å². The second kappa shape index (κ2) is 15.6. The summed E-state index contributed by atoms with van der Waals surface area (Å²) < 4.78 is 29.7. The Kier molecular flexibility index (Phi) is 11.7. The Morgan fingerprint density at radius 1 is 0.870 bits per heavy atom. The first-order chi connectivity index (χ1) is 22.0. The lowest BCUT2D eigenvalue weighted by atomic mass is 10.0. The molecule has 0 bridgehead atoms. The summed E-state index contributed by atoms with van der Waals surface area (Å²) in [7, 11) is -4.31. The first kappa shape index (κ1) is 34.3. The molecule has 4 aromatic carbocycles. The van der Waals surface area contributed by atoms with Crippen molar-refractivity contribution in [2.75, 3.05) is 17.4 Å². The number of non-ortho nitro benzene ring substituents is 1. The first-order valence-corrected chi connectivity index (χ1v) is 16.9. The van der Waals surface area contributed by atoms with Gasteiger partial charge in [0.05, 0.1) is 15.5 Å². The maximum Gasteiger partial charge on any atom is 0.269 e. The van der Waals surface area contributed by atoms with Crippen LogP contribution in [0.2, 0.25) is 0 Å². The molecule has 0 heterocycles. The molecule has 0 spiro atoms. The highest BCUT2D eigenvalue weighted by molar-refractivity contribution is 9.10. The number of anilines is 1. The van der Waals surface area contributed by atoms with Gasteiger partial charge in [0.1, 0.15) is 12.6 Å². The zero-order chi connectivity index (χ0) is 33.3. The number of amides is 2. The number of rotatable bonds is 14. The number of sulfonamides is 1. The van der Waals surface area contributed by atoms with Gasteiger partial charge in [0.15, 0.2) is 0 Å². The largest absolute Gasteiger partial charge is 0.354 e. The molecule has 0 aliphatic heterocycles. The topological polar surface area (TPSA) is 130 Å². The van der Waals surface area contributed by atoms with Gasteiger partial charge >= 0.3 is 0 Å². The fourth-order valence-corrected chi connectivity index (χ4v) is 6.68. The second-order valence-corrected chi connectivity index (χ2v) is 13.9. The van der Waals surface area contributed by atoms with E-state index in [-0.39, 0.29) is 41.1 Å². The minimum absolute atomic E-state index is 0.0182.